The van der Waals surface area contributed by atoms with Crippen molar-refractivity contribution in [3.8, 4) is 5.75 Å². The summed E-state index contributed by atoms with van der Waals surface area (Å²) in [5, 5.41) is 9.95. The highest BCUT2D eigenvalue weighted by molar-refractivity contribution is 5.80. The fraction of sp³-hybridized carbons (Fsp3) is 0.233. The highest BCUT2D eigenvalue weighted by Gasteiger charge is 2.38. The Bertz CT molecular complexity index is 1390. The summed E-state index contributed by atoms with van der Waals surface area (Å²) in [4.78, 5) is 15.1. The molecule has 0 fully saturated rings. The summed E-state index contributed by atoms with van der Waals surface area (Å²) in [6.07, 6.45) is -3.16. The molecular weight excluding hydrogens is 517 g/mol. The molecular formula is C30H26F5NO3. The quantitative estimate of drug-likeness (QED) is 0.199. The molecule has 0 saturated heterocycles. The monoisotopic (exact) mass is 543 g/mol. The van der Waals surface area contributed by atoms with Gasteiger partial charge < -0.3 is 14.8 Å². The van der Waals surface area contributed by atoms with E-state index in [-0.39, 0.29) is 12.2 Å². The third-order valence-electron chi connectivity index (χ3n) is 6.79. The molecule has 1 aromatic heterocycles. The number of hydrogen-bond acceptors (Lipinski definition) is 2. The molecule has 204 valence electrons. The van der Waals surface area contributed by atoms with Crippen molar-refractivity contribution in [2.75, 3.05) is 0 Å². The number of rotatable bonds is 10. The van der Waals surface area contributed by atoms with E-state index in [1.807, 2.05) is 30.3 Å². The number of alkyl halides is 5. The Labute approximate surface area is 222 Å². The largest absolute Gasteiger partial charge is 0.486 e. The van der Waals surface area contributed by atoms with E-state index in [0.717, 1.165) is 35.9 Å². The average Bonchev–Trinajstić information content (AvgIpc) is 3.47. The van der Waals surface area contributed by atoms with Gasteiger partial charge in [0, 0.05) is 23.0 Å². The predicted molar refractivity (Wildman–Crippen MR) is 136 cm³/mol. The molecule has 4 nitrogen and oxygen atoms in total. The standard InChI is InChI=1S/C30H26F5NO3/c1-28(27(37)38,26-11-6-18-36-26)17-16-25(20-7-3-2-4-8-20)39-24-14-12-21(13-15-24)29(31,32)22-9-5-10-23(19-22)30(33,34)35/h2-15,18-19,25,36H,16-17H2,1H3,(H,37,38). The number of aromatic nitrogens is 1. The summed E-state index contributed by atoms with van der Waals surface area (Å²) >= 11 is 0. The first-order valence-electron chi connectivity index (χ1n) is 12.2. The first kappa shape index (κ1) is 27.9. The van der Waals surface area contributed by atoms with Gasteiger partial charge in [-0.2, -0.15) is 22.0 Å². The molecule has 0 saturated carbocycles. The van der Waals surface area contributed by atoms with Gasteiger partial charge in [-0.25, -0.2) is 0 Å². The molecule has 4 rings (SSSR count). The lowest BCUT2D eigenvalue weighted by atomic mass is 9.81. The number of ether oxygens (including phenoxy) is 1. The summed E-state index contributed by atoms with van der Waals surface area (Å²) < 4.78 is 75.5. The van der Waals surface area contributed by atoms with E-state index in [4.69, 9.17) is 4.74 Å². The Morgan fingerprint density at radius 3 is 2.10 bits per heavy atom. The van der Waals surface area contributed by atoms with Gasteiger partial charge in [-0.1, -0.05) is 42.5 Å². The van der Waals surface area contributed by atoms with Crippen LogP contribution in [0.2, 0.25) is 0 Å². The van der Waals surface area contributed by atoms with Gasteiger partial charge in [-0.05, 0) is 73.9 Å². The smallest absolute Gasteiger partial charge is 0.416 e. The maximum atomic E-state index is 15.1. The van der Waals surface area contributed by atoms with Crippen molar-refractivity contribution in [2.24, 2.45) is 0 Å². The molecule has 0 amide bonds. The zero-order chi connectivity index (χ0) is 28.3. The normalized spacial score (nSPS) is 14.4. The third-order valence-corrected chi connectivity index (χ3v) is 6.79. The van der Waals surface area contributed by atoms with Crippen LogP contribution >= 0.6 is 0 Å². The zero-order valence-electron chi connectivity index (χ0n) is 20.9. The Morgan fingerprint density at radius 1 is 0.846 bits per heavy atom. The highest BCUT2D eigenvalue weighted by Crippen LogP contribution is 2.40. The second-order valence-corrected chi connectivity index (χ2v) is 9.45. The molecule has 2 atom stereocenters. The van der Waals surface area contributed by atoms with Crippen LogP contribution in [0.1, 0.15) is 53.8 Å². The lowest BCUT2D eigenvalue weighted by Gasteiger charge is -2.27. The van der Waals surface area contributed by atoms with Crippen molar-refractivity contribution in [1.82, 2.24) is 4.98 Å². The minimum absolute atomic E-state index is 0.216. The van der Waals surface area contributed by atoms with Crippen molar-refractivity contribution in [2.45, 2.75) is 43.4 Å². The number of halogens is 5. The van der Waals surface area contributed by atoms with E-state index in [9.17, 15) is 23.1 Å². The zero-order valence-corrected chi connectivity index (χ0v) is 20.9. The van der Waals surface area contributed by atoms with Gasteiger partial charge in [0.2, 0.25) is 0 Å². The summed E-state index contributed by atoms with van der Waals surface area (Å²) in [5.74, 6) is -4.42. The number of benzene rings is 3. The SMILES string of the molecule is CC(CCC(Oc1ccc(C(F)(F)c2cccc(C(F)(F)F)c2)cc1)c1ccccc1)(C(=O)O)c1ccc[nH]1. The molecule has 0 spiro atoms. The minimum atomic E-state index is -4.74. The second kappa shape index (κ2) is 10.9. The fourth-order valence-corrected chi connectivity index (χ4v) is 4.38. The van der Waals surface area contributed by atoms with Crippen LogP contribution in [0.5, 0.6) is 5.75 Å². The van der Waals surface area contributed by atoms with Gasteiger partial charge in [0.25, 0.3) is 5.92 Å². The topological polar surface area (TPSA) is 62.3 Å². The summed E-state index contributed by atoms with van der Waals surface area (Å²) in [6, 6.07) is 20.5. The lowest BCUT2D eigenvalue weighted by molar-refractivity contribution is -0.144. The van der Waals surface area contributed by atoms with Gasteiger partial charge >= 0.3 is 12.1 Å². The fourth-order valence-electron chi connectivity index (χ4n) is 4.38. The Kier molecular flexibility index (Phi) is 7.81. The van der Waals surface area contributed by atoms with E-state index < -0.39 is 46.3 Å². The third kappa shape index (κ3) is 6.13. The van der Waals surface area contributed by atoms with E-state index in [0.29, 0.717) is 18.2 Å². The Morgan fingerprint density at radius 2 is 1.51 bits per heavy atom. The van der Waals surface area contributed by atoms with Crippen molar-refractivity contribution < 1.29 is 36.6 Å². The van der Waals surface area contributed by atoms with Crippen molar-refractivity contribution >= 4 is 5.97 Å². The maximum Gasteiger partial charge on any atom is 0.416 e. The number of carbonyl (C=O) groups is 1. The minimum Gasteiger partial charge on any atom is -0.486 e. The van der Waals surface area contributed by atoms with Crippen LogP contribution < -0.4 is 4.74 Å². The van der Waals surface area contributed by atoms with E-state index in [1.165, 1.54) is 12.1 Å². The highest BCUT2D eigenvalue weighted by atomic mass is 19.4. The van der Waals surface area contributed by atoms with Crippen molar-refractivity contribution in [3.63, 3.8) is 0 Å². The van der Waals surface area contributed by atoms with Crippen LogP contribution in [0, 0.1) is 0 Å². The lowest BCUT2D eigenvalue weighted by Crippen LogP contribution is -2.33. The van der Waals surface area contributed by atoms with E-state index >= 15 is 8.78 Å². The van der Waals surface area contributed by atoms with Gasteiger partial charge in [0.15, 0.2) is 0 Å². The van der Waals surface area contributed by atoms with Crippen molar-refractivity contribution in [3.05, 3.63) is 125 Å². The van der Waals surface area contributed by atoms with Gasteiger partial charge in [0.1, 0.15) is 17.3 Å². The molecule has 1 heterocycles. The number of carboxylic acids is 1. The van der Waals surface area contributed by atoms with Crippen LogP contribution in [0.3, 0.4) is 0 Å². The maximum absolute atomic E-state index is 15.1. The van der Waals surface area contributed by atoms with Crippen LogP contribution in [0.15, 0.2) is 97.2 Å². The summed E-state index contributed by atoms with van der Waals surface area (Å²) in [7, 11) is 0. The van der Waals surface area contributed by atoms with Crippen LogP contribution in [0.4, 0.5) is 22.0 Å². The first-order chi connectivity index (χ1) is 18.4. The molecule has 39 heavy (non-hydrogen) atoms. The van der Waals surface area contributed by atoms with Crippen LogP contribution in [-0.4, -0.2) is 16.1 Å². The Balaban J connectivity index is 1.56. The molecule has 2 unspecified atom stereocenters. The van der Waals surface area contributed by atoms with Gasteiger partial charge in [-0.3, -0.25) is 4.79 Å². The molecule has 0 aliphatic rings. The summed E-state index contributed by atoms with van der Waals surface area (Å²) in [6.45, 7) is 1.62. The number of hydrogen-bond donors (Lipinski definition) is 2. The molecule has 0 radical (unpaired) electrons. The molecule has 4 aromatic rings. The number of carboxylic acid groups (broad SMARTS) is 1. The van der Waals surface area contributed by atoms with Crippen LogP contribution in [0.25, 0.3) is 0 Å². The number of H-pyrrole nitrogens is 1. The molecule has 2 N–H and O–H groups in total. The van der Waals surface area contributed by atoms with Gasteiger partial charge in [0.05, 0.1) is 5.56 Å². The van der Waals surface area contributed by atoms with Crippen molar-refractivity contribution in [1.29, 1.82) is 0 Å². The molecule has 0 aliphatic carbocycles. The number of aromatic amines is 1. The van der Waals surface area contributed by atoms with Gasteiger partial charge in [-0.15, -0.1) is 0 Å². The number of nitrogens with one attached hydrogen (secondary N) is 1. The molecule has 3 aromatic carbocycles. The molecule has 9 heteroatoms. The van der Waals surface area contributed by atoms with E-state index in [2.05, 4.69) is 4.98 Å². The Hall–Kier alpha value is -4.14. The van der Waals surface area contributed by atoms with E-state index in [1.54, 1.807) is 25.3 Å². The summed E-state index contributed by atoms with van der Waals surface area (Å²) in [5.41, 5.74) is -2.31. The predicted octanol–water partition coefficient (Wildman–Crippen LogP) is 8.12. The van der Waals surface area contributed by atoms with Crippen LogP contribution in [-0.2, 0) is 22.3 Å². The molecule has 0 aliphatic heterocycles. The first-order valence-corrected chi connectivity index (χ1v) is 12.2. The number of aliphatic carboxylic acids is 1. The molecule has 0 bridgehead atoms. The second-order valence-electron chi connectivity index (χ2n) is 9.45. The average molecular weight is 544 g/mol.